The molecule has 0 radical (unpaired) electrons. The largest absolute Gasteiger partial charge is 0.484 e. The Morgan fingerprint density at radius 2 is 2.12 bits per heavy atom. The third-order valence-corrected chi connectivity index (χ3v) is 5.34. The maximum absolute atomic E-state index is 11.7. The lowest BCUT2D eigenvalue weighted by molar-refractivity contribution is -0.146. The van der Waals surface area contributed by atoms with E-state index in [9.17, 15) is 4.79 Å². The molecule has 1 aliphatic heterocycles. The van der Waals surface area contributed by atoms with Gasteiger partial charge in [0.15, 0.2) is 0 Å². The summed E-state index contributed by atoms with van der Waals surface area (Å²) in [6.45, 7) is 2.26. The number of aromatic nitrogens is 2. The number of esters is 1. The van der Waals surface area contributed by atoms with E-state index in [1.54, 1.807) is 6.20 Å². The molecule has 2 aromatic heterocycles. The number of pyridine rings is 1. The first-order valence-corrected chi connectivity index (χ1v) is 9.00. The van der Waals surface area contributed by atoms with Crippen molar-refractivity contribution >= 4 is 17.0 Å². The van der Waals surface area contributed by atoms with E-state index >= 15 is 0 Å². The topological polar surface area (TPSA) is 62.6 Å². The molecular weight excluding hydrogens is 320 g/mol. The molecule has 4 rings (SSSR count). The lowest BCUT2D eigenvalue weighted by atomic mass is 9.82. The Bertz CT molecular complexity index is 745. The molecule has 0 N–H and O–H groups in total. The maximum atomic E-state index is 11.7. The molecule has 1 saturated carbocycles. The van der Waals surface area contributed by atoms with E-state index in [1.807, 2.05) is 6.07 Å². The molecular formula is C19H24N2O4. The summed E-state index contributed by atoms with van der Waals surface area (Å²) in [5.74, 6) is 1.40. The third-order valence-electron chi connectivity index (χ3n) is 5.34. The second-order valence-corrected chi connectivity index (χ2v) is 7.06. The Hall–Kier alpha value is -2.08. The molecule has 0 aromatic carbocycles. The van der Waals surface area contributed by atoms with Crippen LogP contribution < -0.4 is 4.74 Å². The number of hydrogen-bond acceptors (Lipinski definition) is 5. The highest BCUT2D eigenvalue weighted by atomic mass is 16.6. The summed E-state index contributed by atoms with van der Waals surface area (Å²) in [6.07, 6.45) is 7.99. The SMILES string of the molecule is COC(=O)C1CCC(Cn2ccc3ncc(OC4COC4)cc32)CC1. The molecule has 25 heavy (non-hydrogen) atoms. The second-order valence-electron chi connectivity index (χ2n) is 7.06. The normalized spacial score (nSPS) is 24.0. The van der Waals surface area contributed by atoms with Crippen molar-refractivity contribution in [2.45, 2.75) is 38.3 Å². The molecule has 6 nitrogen and oxygen atoms in total. The van der Waals surface area contributed by atoms with Crippen LogP contribution in [-0.2, 0) is 20.8 Å². The van der Waals surface area contributed by atoms with Crippen molar-refractivity contribution in [1.82, 2.24) is 9.55 Å². The molecule has 6 heteroatoms. The molecule has 0 unspecified atom stereocenters. The Balaban J connectivity index is 1.42. The zero-order valence-electron chi connectivity index (χ0n) is 14.5. The van der Waals surface area contributed by atoms with Crippen molar-refractivity contribution in [3.63, 3.8) is 0 Å². The van der Waals surface area contributed by atoms with Crippen molar-refractivity contribution < 1.29 is 19.0 Å². The van der Waals surface area contributed by atoms with Gasteiger partial charge in [0.05, 0.1) is 43.5 Å². The molecule has 3 heterocycles. The number of hydrogen-bond donors (Lipinski definition) is 0. The molecule has 0 bridgehead atoms. The predicted molar refractivity (Wildman–Crippen MR) is 92.4 cm³/mol. The van der Waals surface area contributed by atoms with E-state index < -0.39 is 0 Å². The summed E-state index contributed by atoms with van der Waals surface area (Å²) in [7, 11) is 1.47. The predicted octanol–water partition coefficient (Wildman–Crippen LogP) is 2.79. The van der Waals surface area contributed by atoms with Crippen LogP contribution in [0.3, 0.4) is 0 Å². The van der Waals surface area contributed by atoms with Crippen LogP contribution in [0.25, 0.3) is 11.0 Å². The van der Waals surface area contributed by atoms with Crippen molar-refractivity contribution in [2.75, 3.05) is 20.3 Å². The molecule has 2 aliphatic rings. The van der Waals surface area contributed by atoms with Crippen LogP contribution >= 0.6 is 0 Å². The van der Waals surface area contributed by atoms with Crippen LogP contribution in [0.1, 0.15) is 25.7 Å². The molecule has 1 aliphatic carbocycles. The lowest BCUT2D eigenvalue weighted by Gasteiger charge is -2.27. The zero-order valence-corrected chi connectivity index (χ0v) is 14.5. The van der Waals surface area contributed by atoms with Crippen molar-refractivity contribution in [3.8, 4) is 5.75 Å². The van der Waals surface area contributed by atoms with Gasteiger partial charge < -0.3 is 18.8 Å². The van der Waals surface area contributed by atoms with Gasteiger partial charge in [-0.1, -0.05) is 0 Å². The Labute approximate surface area is 147 Å². The average Bonchev–Trinajstić information content (AvgIpc) is 3.00. The highest BCUT2D eigenvalue weighted by molar-refractivity contribution is 5.77. The van der Waals surface area contributed by atoms with E-state index in [4.69, 9.17) is 14.2 Å². The summed E-state index contributed by atoms with van der Waals surface area (Å²) in [5.41, 5.74) is 2.09. The van der Waals surface area contributed by atoms with Gasteiger partial charge in [-0.05, 0) is 37.7 Å². The average molecular weight is 344 g/mol. The summed E-state index contributed by atoms with van der Waals surface area (Å²) >= 11 is 0. The number of methoxy groups -OCH3 is 1. The summed E-state index contributed by atoms with van der Waals surface area (Å²) in [6, 6.07) is 4.12. The minimum Gasteiger partial charge on any atom is -0.484 e. The van der Waals surface area contributed by atoms with Gasteiger partial charge >= 0.3 is 5.97 Å². The summed E-state index contributed by atoms with van der Waals surface area (Å²) in [4.78, 5) is 16.2. The van der Waals surface area contributed by atoms with Gasteiger partial charge in [-0.3, -0.25) is 9.78 Å². The number of carbonyl (C=O) groups excluding carboxylic acids is 1. The van der Waals surface area contributed by atoms with E-state index in [0.717, 1.165) is 49.0 Å². The van der Waals surface area contributed by atoms with Crippen LogP contribution in [0.15, 0.2) is 24.5 Å². The van der Waals surface area contributed by atoms with Gasteiger partial charge in [0.25, 0.3) is 0 Å². The molecule has 134 valence electrons. The minimum absolute atomic E-state index is 0.0594. The maximum Gasteiger partial charge on any atom is 0.308 e. The van der Waals surface area contributed by atoms with Crippen LogP contribution in [0.4, 0.5) is 0 Å². The second kappa shape index (κ2) is 7.04. The molecule has 0 amide bonds. The number of ether oxygens (including phenoxy) is 3. The van der Waals surface area contributed by atoms with E-state index in [2.05, 4.69) is 21.8 Å². The van der Waals surface area contributed by atoms with Crippen LogP contribution in [0.5, 0.6) is 5.75 Å². The van der Waals surface area contributed by atoms with Crippen LogP contribution in [0.2, 0.25) is 0 Å². The minimum atomic E-state index is -0.0594. The van der Waals surface area contributed by atoms with Gasteiger partial charge in [-0.15, -0.1) is 0 Å². The van der Waals surface area contributed by atoms with Crippen molar-refractivity contribution in [2.24, 2.45) is 11.8 Å². The van der Waals surface area contributed by atoms with Gasteiger partial charge in [0.2, 0.25) is 0 Å². The Morgan fingerprint density at radius 1 is 1.32 bits per heavy atom. The van der Waals surface area contributed by atoms with E-state index in [0.29, 0.717) is 19.1 Å². The Kier molecular flexibility index (Phi) is 4.61. The van der Waals surface area contributed by atoms with Gasteiger partial charge in [0.1, 0.15) is 11.9 Å². The highest BCUT2D eigenvalue weighted by Crippen LogP contribution is 2.32. The van der Waals surface area contributed by atoms with Gasteiger partial charge in [-0.25, -0.2) is 0 Å². The van der Waals surface area contributed by atoms with E-state index in [1.165, 1.54) is 7.11 Å². The van der Waals surface area contributed by atoms with Crippen molar-refractivity contribution in [3.05, 3.63) is 24.5 Å². The fourth-order valence-corrected chi connectivity index (χ4v) is 3.77. The van der Waals surface area contributed by atoms with E-state index in [-0.39, 0.29) is 18.0 Å². The Morgan fingerprint density at radius 3 is 2.80 bits per heavy atom. The molecule has 2 aromatic rings. The number of carbonyl (C=O) groups is 1. The zero-order chi connectivity index (χ0) is 17.2. The van der Waals surface area contributed by atoms with Crippen LogP contribution in [-0.4, -0.2) is 41.9 Å². The smallest absolute Gasteiger partial charge is 0.308 e. The third kappa shape index (κ3) is 3.49. The first-order valence-electron chi connectivity index (χ1n) is 9.00. The standard InChI is InChI=1S/C19H24N2O4/c1-23-19(22)14-4-2-13(3-5-14)10-21-7-6-17-18(21)8-15(9-20-17)25-16-11-24-12-16/h6-9,13-14,16H,2-5,10-12H2,1H3. The fourth-order valence-electron chi connectivity index (χ4n) is 3.77. The summed E-state index contributed by atoms with van der Waals surface area (Å²) < 4.78 is 18.2. The molecule has 0 atom stereocenters. The first kappa shape index (κ1) is 16.4. The quantitative estimate of drug-likeness (QED) is 0.781. The van der Waals surface area contributed by atoms with Crippen LogP contribution in [0, 0.1) is 11.8 Å². The lowest BCUT2D eigenvalue weighted by Crippen LogP contribution is -2.38. The molecule has 0 spiro atoms. The van der Waals surface area contributed by atoms with Crippen molar-refractivity contribution in [1.29, 1.82) is 0 Å². The number of fused-ring (bicyclic) bond motifs is 1. The first-order chi connectivity index (χ1) is 12.2. The molecule has 1 saturated heterocycles. The van der Waals surface area contributed by atoms with Gasteiger partial charge in [-0.2, -0.15) is 0 Å². The van der Waals surface area contributed by atoms with Gasteiger partial charge in [0, 0.05) is 18.8 Å². The monoisotopic (exact) mass is 344 g/mol. The number of rotatable bonds is 5. The molecule has 2 fully saturated rings. The fraction of sp³-hybridized carbons (Fsp3) is 0.579. The number of nitrogens with zero attached hydrogens (tertiary/aromatic N) is 2. The summed E-state index contributed by atoms with van der Waals surface area (Å²) in [5, 5.41) is 0. The highest BCUT2D eigenvalue weighted by Gasteiger charge is 2.27.